The van der Waals surface area contributed by atoms with E-state index in [-0.39, 0.29) is 18.4 Å². The van der Waals surface area contributed by atoms with Crippen molar-refractivity contribution in [2.24, 2.45) is 0 Å². The van der Waals surface area contributed by atoms with Gasteiger partial charge in [-0.25, -0.2) is 0 Å². The number of furan rings is 1. The van der Waals surface area contributed by atoms with Gasteiger partial charge in [-0.1, -0.05) is 13.8 Å². The number of carboxylic acid groups (broad SMARTS) is 1. The molecule has 0 unspecified atom stereocenters. The van der Waals surface area contributed by atoms with Gasteiger partial charge in [-0.15, -0.1) is 0 Å². The fraction of sp³-hybridized carbons (Fsp3) is 0.308. The van der Waals surface area contributed by atoms with Crippen molar-refractivity contribution in [1.29, 1.82) is 0 Å². The second-order valence-electron chi connectivity index (χ2n) is 4.60. The number of aromatic nitrogens is 2. The molecule has 0 bridgehead atoms. The first-order chi connectivity index (χ1) is 9.47. The summed E-state index contributed by atoms with van der Waals surface area (Å²) in [6, 6.07) is 3.13. The molecule has 0 spiro atoms. The number of rotatable bonds is 5. The van der Waals surface area contributed by atoms with E-state index in [0.29, 0.717) is 17.1 Å². The molecule has 0 aliphatic heterocycles. The number of carboxylic acids is 1. The Balaban J connectivity index is 2.09. The van der Waals surface area contributed by atoms with Crippen LogP contribution in [0.5, 0.6) is 0 Å². The van der Waals surface area contributed by atoms with Gasteiger partial charge in [0.1, 0.15) is 12.3 Å². The molecule has 0 fully saturated rings. The first-order valence-electron chi connectivity index (χ1n) is 6.11. The van der Waals surface area contributed by atoms with Crippen LogP contribution in [0.15, 0.2) is 29.0 Å². The summed E-state index contributed by atoms with van der Waals surface area (Å²) in [6.45, 7) is 3.60. The van der Waals surface area contributed by atoms with E-state index < -0.39 is 5.97 Å². The van der Waals surface area contributed by atoms with Crippen molar-refractivity contribution in [2.45, 2.75) is 26.3 Å². The Morgan fingerprint density at radius 1 is 1.45 bits per heavy atom. The molecular formula is C13H15N3O4. The second kappa shape index (κ2) is 5.60. The molecule has 2 heterocycles. The maximum absolute atomic E-state index is 12.1. The highest BCUT2D eigenvalue weighted by atomic mass is 16.4. The van der Waals surface area contributed by atoms with Crippen LogP contribution in [0.1, 0.15) is 35.9 Å². The van der Waals surface area contributed by atoms with Gasteiger partial charge in [-0.3, -0.25) is 14.3 Å². The van der Waals surface area contributed by atoms with Crippen molar-refractivity contribution in [3.05, 3.63) is 35.9 Å². The fourth-order valence-electron chi connectivity index (χ4n) is 1.79. The average molecular weight is 277 g/mol. The summed E-state index contributed by atoms with van der Waals surface area (Å²) < 4.78 is 6.51. The molecule has 20 heavy (non-hydrogen) atoms. The lowest BCUT2D eigenvalue weighted by Gasteiger charge is -2.05. The van der Waals surface area contributed by atoms with Crippen molar-refractivity contribution in [3.63, 3.8) is 0 Å². The summed E-state index contributed by atoms with van der Waals surface area (Å²) in [7, 11) is 0. The fourth-order valence-corrected chi connectivity index (χ4v) is 1.79. The summed E-state index contributed by atoms with van der Waals surface area (Å²) >= 11 is 0. The lowest BCUT2D eigenvalue weighted by Crippen LogP contribution is -2.15. The zero-order chi connectivity index (χ0) is 14.7. The Bertz CT molecular complexity index is 627. The number of nitrogens with zero attached hydrogens (tertiary/aromatic N) is 2. The van der Waals surface area contributed by atoms with Crippen LogP contribution < -0.4 is 5.32 Å². The van der Waals surface area contributed by atoms with E-state index in [1.807, 2.05) is 13.8 Å². The molecule has 7 heteroatoms. The van der Waals surface area contributed by atoms with E-state index in [1.165, 1.54) is 23.2 Å². The molecule has 0 saturated carbocycles. The SMILES string of the molecule is CC(C)c1occc1C(=O)Nc1ccn(CC(=O)O)n1. The predicted molar refractivity (Wildman–Crippen MR) is 70.6 cm³/mol. The number of hydrogen-bond acceptors (Lipinski definition) is 4. The van der Waals surface area contributed by atoms with Crippen molar-refractivity contribution >= 4 is 17.7 Å². The van der Waals surface area contributed by atoms with Crippen LogP contribution >= 0.6 is 0 Å². The van der Waals surface area contributed by atoms with Crippen LogP contribution in [-0.2, 0) is 11.3 Å². The summed E-state index contributed by atoms with van der Waals surface area (Å²) in [5.74, 6) is -0.333. The summed E-state index contributed by atoms with van der Waals surface area (Å²) in [5.41, 5.74) is 0.452. The Labute approximate surface area is 115 Å². The van der Waals surface area contributed by atoms with Gasteiger partial charge < -0.3 is 14.8 Å². The highest BCUT2D eigenvalue weighted by Crippen LogP contribution is 2.21. The van der Waals surface area contributed by atoms with Crippen molar-refractivity contribution in [1.82, 2.24) is 9.78 Å². The molecule has 1 amide bonds. The van der Waals surface area contributed by atoms with Crippen LogP contribution in [-0.4, -0.2) is 26.8 Å². The molecular weight excluding hydrogens is 262 g/mol. The normalized spacial score (nSPS) is 10.8. The van der Waals surface area contributed by atoms with E-state index in [1.54, 1.807) is 6.07 Å². The monoisotopic (exact) mass is 277 g/mol. The molecule has 2 rings (SSSR count). The average Bonchev–Trinajstić information content (AvgIpc) is 2.96. The van der Waals surface area contributed by atoms with Gasteiger partial charge in [-0.2, -0.15) is 5.10 Å². The topological polar surface area (TPSA) is 97.4 Å². The zero-order valence-corrected chi connectivity index (χ0v) is 11.2. The van der Waals surface area contributed by atoms with Crippen LogP contribution in [0.4, 0.5) is 5.82 Å². The molecule has 0 aliphatic carbocycles. The van der Waals surface area contributed by atoms with Crippen molar-refractivity contribution in [2.75, 3.05) is 5.32 Å². The quantitative estimate of drug-likeness (QED) is 0.870. The minimum Gasteiger partial charge on any atom is -0.480 e. The zero-order valence-electron chi connectivity index (χ0n) is 11.2. The maximum atomic E-state index is 12.1. The number of nitrogens with one attached hydrogen (secondary N) is 1. The van der Waals surface area contributed by atoms with Gasteiger partial charge in [0.2, 0.25) is 0 Å². The first-order valence-corrected chi connectivity index (χ1v) is 6.11. The number of carbonyl (C=O) groups is 2. The van der Waals surface area contributed by atoms with Gasteiger partial charge >= 0.3 is 5.97 Å². The highest BCUT2D eigenvalue weighted by molar-refractivity contribution is 6.04. The van der Waals surface area contributed by atoms with E-state index in [4.69, 9.17) is 9.52 Å². The molecule has 0 radical (unpaired) electrons. The number of hydrogen-bond donors (Lipinski definition) is 2. The van der Waals surface area contributed by atoms with Gasteiger partial charge in [0, 0.05) is 18.2 Å². The summed E-state index contributed by atoms with van der Waals surface area (Å²) in [4.78, 5) is 22.6. The number of anilines is 1. The number of amides is 1. The molecule has 0 aliphatic rings. The molecule has 0 atom stereocenters. The van der Waals surface area contributed by atoms with Gasteiger partial charge in [0.25, 0.3) is 5.91 Å². The van der Waals surface area contributed by atoms with Crippen LogP contribution in [0, 0.1) is 0 Å². The smallest absolute Gasteiger partial charge is 0.325 e. The number of aliphatic carboxylic acids is 1. The largest absolute Gasteiger partial charge is 0.480 e. The van der Waals surface area contributed by atoms with Crippen LogP contribution in [0.3, 0.4) is 0 Å². The summed E-state index contributed by atoms with van der Waals surface area (Å²) in [5, 5.41) is 15.2. The van der Waals surface area contributed by atoms with Gasteiger partial charge in [0.15, 0.2) is 5.82 Å². The lowest BCUT2D eigenvalue weighted by atomic mass is 10.1. The molecule has 0 aromatic carbocycles. The third-order valence-electron chi connectivity index (χ3n) is 2.64. The maximum Gasteiger partial charge on any atom is 0.325 e. The summed E-state index contributed by atoms with van der Waals surface area (Å²) in [6.07, 6.45) is 2.95. The standard InChI is InChI=1S/C13H15N3O4/c1-8(2)12-9(4-6-20-12)13(19)14-10-3-5-16(15-10)7-11(17)18/h3-6,8H,7H2,1-2H3,(H,17,18)(H,14,15,19). The number of carbonyl (C=O) groups excluding carboxylic acids is 1. The predicted octanol–water partition coefficient (Wildman–Crippen LogP) is 1.94. The van der Waals surface area contributed by atoms with E-state index >= 15 is 0 Å². The van der Waals surface area contributed by atoms with Gasteiger partial charge in [-0.05, 0) is 6.07 Å². The molecule has 0 saturated heterocycles. The van der Waals surface area contributed by atoms with Gasteiger partial charge in [0.05, 0.1) is 11.8 Å². The Morgan fingerprint density at radius 2 is 2.20 bits per heavy atom. The Hall–Kier alpha value is -2.57. The third kappa shape index (κ3) is 3.05. The highest BCUT2D eigenvalue weighted by Gasteiger charge is 2.18. The van der Waals surface area contributed by atoms with E-state index in [0.717, 1.165) is 0 Å². The second-order valence-corrected chi connectivity index (χ2v) is 4.60. The minimum absolute atomic E-state index is 0.0929. The third-order valence-corrected chi connectivity index (χ3v) is 2.64. The van der Waals surface area contributed by atoms with E-state index in [9.17, 15) is 9.59 Å². The molecule has 7 nitrogen and oxygen atoms in total. The molecule has 106 valence electrons. The van der Waals surface area contributed by atoms with Crippen molar-refractivity contribution in [3.8, 4) is 0 Å². The van der Waals surface area contributed by atoms with Crippen LogP contribution in [0.2, 0.25) is 0 Å². The Kier molecular flexibility index (Phi) is 3.88. The van der Waals surface area contributed by atoms with Crippen LogP contribution in [0.25, 0.3) is 0 Å². The lowest BCUT2D eigenvalue weighted by molar-refractivity contribution is -0.137. The van der Waals surface area contributed by atoms with Crippen molar-refractivity contribution < 1.29 is 19.1 Å². The Morgan fingerprint density at radius 3 is 2.85 bits per heavy atom. The molecule has 2 aromatic heterocycles. The minimum atomic E-state index is -0.997. The van der Waals surface area contributed by atoms with E-state index in [2.05, 4.69) is 10.4 Å². The first kappa shape index (κ1) is 13.9. The molecule has 2 aromatic rings. The molecule has 2 N–H and O–H groups in total.